The summed E-state index contributed by atoms with van der Waals surface area (Å²) in [6, 6.07) is 19.3. The van der Waals surface area contributed by atoms with Gasteiger partial charge in [-0.15, -0.1) is 23.3 Å². The van der Waals surface area contributed by atoms with Gasteiger partial charge < -0.3 is 79.3 Å². The highest BCUT2D eigenvalue weighted by Gasteiger charge is 2.32. The van der Waals surface area contributed by atoms with Gasteiger partial charge in [-0.25, -0.2) is 0 Å². The minimum absolute atomic E-state index is 0. The lowest BCUT2D eigenvalue weighted by Gasteiger charge is -2.15. The SMILES string of the molecule is C.C.C.C.C.C.CC[S+](=O)(c1ccccc1)N(C)C.CC[S+](=O)(c1ccccc1)N(C)C.C[S+](C)(C)=O.FB(F)F.FB(F)F.O.O.[CH2-][S+](C)(C)=O.[F-].[F-].[I-].[I-].[OH-].[OH-]. The van der Waals surface area contributed by atoms with Crippen molar-refractivity contribution in [2.24, 2.45) is 0 Å². The molecule has 2 aromatic carbocycles. The second kappa shape index (κ2) is 61.1. The summed E-state index contributed by atoms with van der Waals surface area (Å²) in [5, 5.41) is 0. The van der Waals surface area contributed by atoms with Crippen LogP contribution in [0.3, 0.4) is 0 Å². The van der Waals surface area contributed by atoms with Crippen LogP contribution in [0.5, 0.6) is 0 Å². The van der Waals surface area contributed by atoms with Gasteiger partial charge in [0.2, 0.25) is 0 Å². The smallest absolute Gasteiger partial charge is 0.762 e. The Balaban J connectivity index is -0.0000000210. The van der Waals surface area contributed by atoms with E-state index in [4.69, 9.17) is 0 Å². The van der Waals surface area contributed by atoms with Crippen LogP contribution in [-0.4, -0.2) is 117 Å². The van der Waals surface area contributed by atoms with Gasteiger partial charge in [0.25, 0.3) is 0 Å². The second-order valence-corrected chi connectivity index (χ2v) is 22.2. The van der Waals surface area contributed by atoms with Crippen LogP contribution in [-0.2, 0) is 56.9 Å². The molecule has 0 radical (unpaired) electrons. The van der Waals surface area contributed by atoms with Gasteiger partial charge in [0.05, 0.1) is 22.4 Å². The van der Waals surface area contributed by atoms with E-state index in [1.807, 2.05) is 111 Å². The predicted molar refractivity (Wildman–Crippen MR) is 235 cm³/mol. The molecule has 368 valence electrons. The number of nitrogens with zero attached hydrogens (tertiary/aromatic N) is 2. The number of rotatable bonds is 6. The zero-order valence-electron chi connectivity index (χ0n) is 30.9. The molecule has 0 aromatic heterocycles. The Hall–Kier alpha value is -0.170. The Morgan fingerprint density at radius 3 is 0.724 bits per heavy atom. The van der Waals surface area contributed by atoms with Gasteiger partial charge in [-0.05, 0) is 38.1 Å². The minimum Gasteiger partial charge on any atom is -1.00 e. The fourth-order valence-corrected chi connectivity index (χ4v) is 6.25. The lowest BCUT2D eigenvalue weighted by atomic mass is 10.4. The predicted octanol–water partition coefficient (Wildman–Crippen LogP) is -3.42. The Labute approximate surface area is 389 Å². The third-order valence-corrected chi connectivity index (χ3v) is 10.1. The average molecular weight is 1180 g/mol. The average Bonchev–Trinajstić information content (AvgIpc) is 2.86. The quantitative estimate of drug-likeness (QED) is 0.0950. The molecule has 0 aliphatic heterocycles. The normalized spacial score (nSPS) is 10.0. The summed E-state index contributed by atoms with van der Waals surface area (Å²) in [4.78, 5) is 1.84. The highest BCUT2D eigenvalue weighted by molar-refractivity contribution is 8.02. The lowest BCUT2D eigenvalue weighted by Crippen LogP contribution is -3.00. The van der Waals surface area contributed by atoms with Crippen LogP contribution in [0.15, 0.2) is 70.5 Å². The van der Waals surface area contributed by atoms with Crippen molar-refractivity contribution in [1.29, 1.82) is 0 Å². The summed E-state index contributed by atoms with van der Waals surface area (Å²) in [6.45, 7) is 3.91. The topological polar surface area (TPSA) is 198 Å². The molecule has 2 rings (SSSR count). The lowest BCUT2D eigenvalue weighted by molar-refractivity contribution is -0.00100. The first kappa shape index (κ1) is 118. The molecular formula is C32H79B2F8I2N2O8S4-3. The van der Waals surface area contributed by atoms with Crippen molar-refractivity contribution in [3.63, 3.8) is 0 Å². The summed E-state index contributed by atoms with van der Waals surface area (Å²) in [7, 11) is -6.95. The van der Waals surface area contributed by atoms with E-state index in [1.165, 1.54) is 0 Å². The molecular weight excluding hydrogens is 1100 g/mol. The fourth-order valence-electron chi connectivity index (χ4n) is 2.54. The molecule has 0 spiro atoms. The zero-order valence-corrected chi connectivity index (χ0v) is 38.5. The van der Waals surface area contributed by atoms with Crippen molar-refractivity contribution in [3.05, 3.63) is 66.9 Å². The van der Waals surface area contributed by atoms with Crippen molar-refractivity contribution in [3.8, 4) is 0 Å². The monoisotopic (exact) mass is 1180 g/mol. The van der Waals surface area contributed by atoms with Gasteiger partial charge in [-0.2, -0.15) is 0 Å². The van der Waals surface area contributed by atoms with Gasteiger partial charge in [0.1, 0.15) is 30.3 Å². The van der Waals surface area contributed by atoms with E-state index in [2.05, 4.69) is 6.26 Å². The van der Waals surface area contributed by atoms with Crippen LogP contribution < -0.4 is 57.4 Å². The fraction of sp³-hybridized carbons (Fsp3) is 0.594. The first-order valence-corrected chi connectivity index (χ1v) is 21.4. The molecule has 2 unspecified atom stereocenters. The summed E-state index contributed by atoms with van der Waals surface area (Å²) in [6.07, 6.45) is 11.7. The minimum atomic E-state index is -3.67. The van der Waals surface area contributed by atoms with E-state index < -0.39 is 55.2 Å². The molecule has 0 amide bonds. The highest BCUT2D eigenvalue weighted by atomic mass is 127. The van der Waals surface area contributed by atoms with Crippen molar-refractivity contribution < 1.29 is 122 Å². The summed E-state index contributed by atoms with van der Waals surface area (Å²) < 4.78 is 107. The van der Waals surface area contributed by atoms with E-state index >= 15 is 0 Å². The Kier molecular flexibility index (Phi) is 124. The van der Waals surface area contributed by atoms with Crippen LogP contribution in [0.25, 0.3) is 0 Å². The van der Waals surface area contributed by atoms with E-state index in [0.717, 1.165) is 9.79 Å². The molecule has 0 heterocycles. The van der Waals surface area contributed by atoms with Crippen LogP contribution in [0.2, 0.25) is 0 Å². The molecule has 26 heteroatoms. The number of hydrogen-bond acceptors (Lipinski definition) is 6. The third kappa shape index (κ3) is 79.9. The maximum absolute atomic E-state index is 12.4. The van der Waals surface area contributed by atoms with E-state index in [-0.39, 0.29) is 124 Å². The maximum Gasteiger partial charge on any atom is 0.762 e. The van der Waals surface area contributed by atoms with E-state index in [1.54, 1.807) is 31.3 Å². The molecule has 0 aliphatic carbocycles. The molecule has 10 nitrogen and oxygen atoms in total. The standard InChI is InChI=1S/2C10H16NOS.C3H9OS.C3H8OS.6CH4.2BF3.2FH.2HI.4H2O/c2*1-4-13(12,11(2)3)10-8-6-5-7-9-10;2*1-5(2,3)4;;;;;;;2*2-1(3)4;;;;;;;;/h2*5-9H,4H2,1-3H3;1-3H3;1H2,2-3H3;6*1H4;;;4*1H;4*1H2/q3*+1;;;;;;;;;;;;;;;;;/p-6. The van der Waals surface area contributed by atoms with Gasteiger partial charge in [-0.3, -0.25) is 25.9 Å². The Morgan fingerprint density at radius 1 is 0.517 bits per heavy atom. The van der Waals surface area contributed by atoms with Crippen LogP contribution >= 0.6 is 0 Å². The maximum atomic E-state index is 12.4. The molecule has 0 bridgehead atoms. The third-order valence-electron chi connectivity index (χ3n) is 4.19. The van der Waals surface area contributed by atoms with Crippen molar-refractivity contribution in [1.82, 2.24) is 8.61 Å². The number of hydrogen-bond donors (Lipinski definition) is 0. The summed E-state index contributed by atoms with van der Waals surface area (Å²) in [5.41, 5.74) is 0. The zero-order chi connectivity index (χ0) is 35.9. The van der Waals surface area contributed by atoms with Gasteiger partial charge in [0.15, 0.2) is 30.0 Å². The van der Waals surface area contributed by atoms with Crippen LogP contribution in [0.4, 0.5) is 25.9 Å². The Morgan fingerprint density at radius 2 is 0.638 bits per heavy atom. The van der Waals surface area contributed by atoms with Gasteiger partial charge >= 0.3 is 15.1 Å². The Bertz CT molecular complexity index is 1100. The first-order chi connectivity index (χ1) is 19.7. The van der Waals surface area contributed by atoms with Crippen molar-refractivity contribution in [2.45, 2.75) is 68.2 Å². The second-order valence-electron chi connectivity index (χ2n) is 9.77. The van der Waals surface area contributed by atoms with Crippen LogP contribution in [0, 0.1) is 6.26 Å². The number of halogens is 10. The van der Waals surface area contributed by atoms with Crippen LogP contribution in [0.1, 0.15) is 58.4 Å². The molecule has 6 N–H and O–H groups in total. The summed E-state index contributed by atoms with van der Waals surface area (Å²) in [5.74, 6) is 1.31. The molecule has 0 saturated carbocycles. The molecule has 0 aliphatic rings. The van der Waals surface area contributed by atoms with Crippen molar-refractivity contribution in [2.75, 3.05) is 71.0 Å². The number of benzene rings is 2. The van der Waals surface area contributed by atoms with Crippen molar-refractivity contribution >= 4 is 55.2 Å². The summed E-state index contributed by atoms with van der Waals surface area (Å²) >= 11 is 0. The molecule has 58 heavy (non-hydrogen) atoms. The van der Waals surface area contributed by atoms with E-state index in [9.17, 15) is 42.7 Å². The highest BCUT2D eigenvalue weighted by Crippen LogP contribution is 2.22. The first-order valence-electron chi connectivity index (χ1n) is 12.7. The largest absolute Gasteiger partial charge is 1.00 e. The molecule has 0 fully saturated rings. The van der Waals surface area contributed by atoms with Gasteiger partial charge in [0, 0.05) is 28.2 Å². The molecule has 2 aromatic rings. The molecule has 2 atom stereocenters. The molecule has 0 saturated heterocycles. The van der Waals surface area contributed by atoms with E-state index in [0.29, 0.717) is 11.5 Å². The van der Waals surface area contributed by atoms with Gasteiger partial charge in [-0.1, -0.05) is 99.3 Å².